The van der Waals surface area contributed by atoms with Crippen molar-refractivity contribution in [3.8, 4) is 0 Å². The van der Waals surface area contributed by atoms with Crippen LogP contribution in [0.15, 0.2) is 42.6 Å². The summed E-state index contributed by atoms with van der Waals surface area (Å²) < 4.78 is 26.5. The molecular weight excluding hydrogens is 234 g/mol. The van der Waals surface area contributed by atoms with Gasteiger partial charge in [0.1, 0.15) is 11.6 Å². The van der Waals surface area contributed by atoms with E-state index in [1.54, 1.807) is 12.3 Å². The number of hydrogen-bond acceptors (Lipinski definition) is 2. The van der Waals surface area contributed by atoms with Crippen LogP contribution >= 0.6 is 0 Å². The molecule has 0 aliphatic rings. The van der Waals surface area contributed by atoms with Crippen LogP contribution in [0.3, 0.4) is 0 Å². The van der Waals surface area contributed by atoms with E-state index in [9.17, 15) is 8.78 Å². The maximum absolute atomic E-state index is 13.3. The number of pyridine rings is 1. The molecule has 0 amide bonds. The van der Waals surface area contributed by atoms with Crippen LogP contribution in [0.1, 0.15) is 23.6 Å². The molecule has 1 unspecified atom stereocenters. The van der Waals surface area contributed by atoms with Crippen LogP contribution in [-0.4, -0.2) is 11.5 Å². The number of nitrogens with zero attached hydrogens (tertiary/aromatic N) is 1. The summed E-state index contributed by atoms with van der Waals surface area (Å²) in [5, 5.41) is 0. The zero-order chi connectivity index (χ0) is 13.0. The van der Waals surface area contributed by atoms with Gasteiger partial charge in [0, 0.05) is 23.9 Å². The first kappa shape index (κ1) is 12.6. The molecule has 2 nitrogen and oxygen atoms in total. The van der Waals surface area contributed by atoms with Gasteiger partial charge in [0.05, 0.1) is 0 Å². The first-order chi connectivity index (χ1) is 8.70. The van der Waals surface area contributed by atoms with Crippen molar-refractivity contribution in [1.29, 1.82) is 0 Å². The zero-order valence-electron chi connectivity index (χ0n) is 9.81. The molecule has 2 rings (SSSR count). The minimum absolute atomic E-state index is 0.179. The molecule has 0 radical (unpaired) electrons. The van der Waals surface area contributed by atoms with Crippen molar-refractivity contribution >= 4 is 0 Å². The zero-order valence-corrected chi connectivity index (χ0v) is 9.81. The lowest BCUT2D eigenvalue weighted by Crippen LogP contribution is -2.10. The Balaban J connectivity index is 2.41. The van der Waals surface area contributed by atoms with E-state index in [0.717, 1.165) is 11.8 Å². The fourth-order valence-corrected chi connectivity index (χ4v) is 2.01. The Hall–Kier alpha value is -1.81. The number of nitrogens with two attached hydrogens (primary N) is 1. The Morgan fingerprint density at radius 2 is 1.83 bits per heavy atom. The second-order valence-corrected chi connectivity index (χ2v) is 4.09. The monoisotopic (exact) mass is 248 g/mol. The van der Waals surface area contributed by atoms with E-state index in [1.807, 2.05) is 12.1 Å². The van der Waals surface area contributed by atoms with Crippen LogP contribution < -0.4 is 5.73 Å². The maximum Gasteiger partial charge on any atom is 0.126 e. The third-order valence-electron chi connectivity index (χ3n) is 2.79. The van der Waals surface area contributed by atoms with Gasteiger partial charge in [-0.25, -0.2) is 8.78 Å². The second-order valence-electron chi connectivity index (χ2n) is 4.09. The molecule has 94 valence electrons. The highest BCUT2D eigenvalue weighted by molar-refractivity contribution is 5.29. The molecule has 0 aliphatic heterocycles. The predicted molar refractivity (Wildman–Crippen MR) is 66.1 cm³/mol. The van der Waals surface area contributed by atoms with Gasteiger partial charge in [0.2, 0.25) is 0 Å². The molecule has 1 aromatic heterocycles. The van der Waals surface area contributed by atoms with Gasteiger partial charge >= 0.3 is 0 Å². The first-order valence-corrected chi connectivity index (χ1v) is 5.77. The highest BCUT2D eigenvalue weighted by Crippen LogP contribution is 2.27. The van der Waals surface area contributed by atoms with E-state index in [0.29, 0.717) is 18.5 Å². The summed E-state index contributed by atoms with van der Waals surface area (Å²) in [7, 11) is 0. The lowest BCUT2D eigenvalue weighted by molar-refractivity contribution is 0.573. The fourth-order valence-electron chi connectivity index (χ4n) is 2.01. The highest BCUT2D eigenvalue weighted by atomic mass is 19.1. The van der Waals surface area contributed by atoms with Crippen molar-refractivity contribution in [2.75, 3.05) is 6.54 Å². The number of hydrogen-bond donors (Lipinski definition) is 1. The molecule has 1 heterocycles. The van der Waals surface area contributed by atoms with Crippen LogP contribution in [0.4, 0.5) is 8.78 Å². The summed E-state index contributed by atoms with van der Waals surface area (Å²) >= 11 is 0. The van der Waals surface area contributed by atoms with Crippen molar-refractivity contribution in [1.82, 2.24) is 4.98 Å². The standard InChI is InChI=1S/C14H14F2N2/c15-11-7-10(8-12(16)9-11)13(4-5-17)14-3-1-2-6-18-14/h1-3,6-9,13H,4-5,17H2. The SMILES string of the molecule is NCCC(c1cc(F)cc(F)c1)c1ccccn1. The predicted octanol–water partition coefficient (Wildman–Crippen LogP) is 2.84. The van der Waals surface area contributed by atoms with E-state index in [2.05, 4.69) is 4.98 Å². The van der Waals surface area contributed by atoms with Gasteiger partial charge in [-0.3, -0.25) is 4.98 Å². The molecule has 1 atom stereocenters. The molecule has 0 saturated carbocycles. The quantitative estimate of drug-likeness (QED) is 0.903. The molecule has 0 bridgehead atoms. The van der Waals surface area contributed by atoms with Gasteiger partial charge in [0.25, 0.3) is 0 Å². The molecule has 2 N–H and O–H groups in total. The summed E-state index contributed by atoms with van der Waals surface area (Å²) in [6.45, 7) is 0.430. The Morgan fingerprint density at radius 1 is 1.11 bits per heavy atom. The third-order valence-corrected chi connectivity index (χ3v) is 2.79. The number of aromatic nitrogens is 1. The molecule has 0 saturated heterocycles. The van der Waals surface area contributed by atoms with Gasteiger partial charge in [-0.05, 0) is 42.8 Å². The van der Waals surface area contributed by atoms with Crippen LogP contribution in [0.5, 0.6) is 0 Å². The molecule has 1 aromatic carbocycles. The Bertz CT molecular complexity index is 494. The third kappa shape index (κ3) is 2.90. The largest absolute Gasteiger partial charge is 0.330 e. The average molecular weight is 248 g/mol. The summed E-state index contributed by atoms with van der Waals surface area (Å²) in [6, 6.07) is 9.01. The van der Waals surface area contributed by atoms with Gasteiger partial charge in [-0.15, -0.1) is 0 Å². The average Bonchev–Trinajstić information content (AvgIpc) is 2.36. The minimum Gasteiger partial charge on any atom is -0.330 e. The van der Waals surface area contributed by atoms with E-state index in [1.165, 1.54) is 12.1 Å². The number of benzene rings is 1. The Kier molecular flexibility index (Phi) is 3.99. The lowest BCUT2D eigenvalue weighted by Gasteiger charge is -2.16. The van der Waals surface area contributed by atoms with Gasteiger partial charge in [-0.2, -0.15) is 0 Å². The van der Waals surface area contributed by atoms with Crippen LogP contribution in [0.2, 0.25) is 0 Å². The summed E-state index contributed by atoms with van der Waals surface area (Å²) in [6.07, 6.45) is 2.26. The smallest absolute Gasteiger partial charge is 0.126 e. The minimum atomic E-state index is -0.581. The highest BCUT2D eigenvalue weighted by Gasteiger charge is 2.16. The molecule has 0 spiro atoms. The van der Waals surface area contributed by atoms with Crippen molar-refractivity contribution in [2.45, 2.75) is 12.3 Å². The van der Waals surface area contributed by atoms with Crippen molar-refractivity contribution < 1.29 is 8.78 Å². The van der Waals surface area contributed by atoms with Crippen molar-refractivity contribution in [2.24, 2.45) is 5.73 Å². The van der Waals surface area contributed by atoms with Crippen LogP contribution in [-0.2, 0) is 0 Å². The second kappa shape index (κ2) is 5.69. The normalized spacial score (nSPS) is 12.4. The summed E-state index contributed by atoms with van der Waals surface area (Å²) in [5.41, 5.74) is 6.90. The fraction of sp³-hybridized carbons (Fsp3) is 0.214. The van der Waals surface area contributed by atoms with Crippen molar-refractivity contribution in [3.05, 3.63) is 65.5 Å². The number of rotatable bonds is 4. The van der Waals surface area contributed by atoms with E-state index >= 15 is 0 Å². The molecular formula is C14H14F2N2. The molecule has 2 aromatic rings. The van der Waals surface area contributed by atoms with E-state index in [4.69, 9.17) is 5.73 Å². The lowest BCUT2D eigenvalue weighted by atomic mass is 9.92. The first-order valence-electron chi connectivity index (χ1n) is 5.77. The molecule has 0 fully saturated rings. The maximum atomic E-state index is 13.3. The summed E-state index contributed by atoms with van der Waals surface area (Å²) in [4.78, 5) is 4.23. The van der Waals surface area contributed by atoms with Crippen LogP contribution in [0.25, 0.3) is 0 Å². The van der Waals surface area contributed by atoms with Gasteiger partial charge < -0.3 is 5.73 Å². The molecule has 0 aliphatic carbocycles. The van der Waals surface area contributed by atoms with Crippen molar-refractivity contribution in [3.63, 3.8) is 0 Å². The van der Waals surface area contributed by atoms with Crippen LogP contribution in [0, 0.1) is 11.6 Å². The Labute approximate surface area is 104 Å². The van der Waals surface area contributed by atoms with Gasteiger partial charge in [0.15, 0.2) is 0 Å². The summed E-state index contributed by atoms with van der Waals surface area (Å²) in [5.74, 6) is -1.34. The number of halogens is 2. The van der Waals surface area contributed by atoms with Gasteiger partial charge in [-0.1, -0.05) is 6.07 Å². The molecule has 18 heavy (non-hydrogen) atoms. The molecule has 4 heteroatoms. The van der Waals surface area contributed by atoms with E-state index < -0.39 is 11.6 Å². The Morgan fingerprint density at radius 3 is 2.39 bits per heavy atom. The topological polar surface area (TPSA) is 38.9 Å². The van der Waals surface area contributed by atoms with E-state index in [-0.39, 0.29) is 5.92 Å².